The van der Waals surface area contributed by atoms with Crippen molar-refractivity contribution in [3.8, 4) is 0 Å². The van der Waals surface area contributed by atoms with Gasteiger partial charge in [0.25, 0.3) is 0 Å². The predicted molar refractivity (Wildman–Crippen MR) is 111 cm³/mol. The number of halogens is 3. The van der Waals surface area contributed by atoms with Crippen molar-refractivity contribution in [2.75, 3.05) is 23.8 Å². The summed E-state index contributed by atoms with van der Waals surface area (Å²) in [7, 11) is 0. The number of rotatable bonds is 5. The number of imidazole rings is 1. The summed E-state index contributed by atoms with van der Waals surface area (Å²) in [5, 5.41) is 15.7. The largest absolute Gasteiger partial charge is 0.393 e. The molecule has 11 heteroatoms. The molecule has 3 aromatic rings. The van der Waals surface area contributed by atoms with E-state index < -0.39 is 29.2 Å². The number of aromatic nitrogens is 4. The molecule has 5 rings (SSSR count). The van der Waals surface area contributed by atoms with Gasteiger partial charge in [-0.2, -0.15) is 4.98 Å². The van der Waals surface area contributed by atoms with Gasteiger partial charge in [-0.25, -0.2) is 23.1 Å². The highest BCUT2D eigenvalue weighted by molar-refractivity contribution is 5.76. The van der Waals surface area contributed by atoms with Crippen molar-refractivity contribution in [1.29, 1.82) is 0 Å². The van der Waals surface area contributed by atoms with E-state index in [2.05, 4.69) is 25.6 Å². The molecule has 1 aliphatic heterocycles. The molecule has 1 aromatic carbocycles. The van der Waals surface area contributed by atoms with Crippen LogP contribution in [0.15, 0.2) is 18.3 Å². The van der Waals surface area contributed by atoms with E-state index in [1.165, 1.54) is 6.20 Å². The van der Waals surface area contributed by atoms with E-state index in [1.54, 1.807) is 4.57 Å². The van der Waals surface area contributed by atoms with Crippen molar-refractivity contribution in [2.24, 2.45) is 0 Å². The summed E-state index contributed by atoms with van der Waals surface area (Å²) in [6.45, 7) is 0.906. The zero-order valence-corrected chi connectivity index (χ0v) is 17.1. The average molecular weight is 449 g/mol. The first kappa shape index (κ1) is 19.7. The quantitative estimate of drug-likeness (QED) is 0.547. The highest BCUT2D eigenvalue weighted by atomic mass is 19.1. The normalized spacial score (nSPS) is 26.3. The smallest absolute Gasteiger partial charge is 0.224 e. The lowest BCUT2D eigenvalue weighted by molar-refractivity contribution is 0.126. The summed E-state index contributed by atoms with van der Waals surface area (Å²) in [5.74, 6) is -2.66. The van der Waals surface area contributed by atoms with Crippen LogP contribution in [0.1, 0.15) is 39.5 Å². The maximum Gasteiger partial charge on any atom is 0.224 e. The molecule has 3 N–H and O–H groups in total. The summed E-state index contributed by atoms with van der Waals surface area (Å²) >= 11 is 0. The number of aliphatic hydroxyl groups is 1. The number of hydrogen-bond donors (Lipinski definition) is 3. The third-order valence-corrected chi connectivity index (χ3v) is 5.84. The molecule has 0 bridgehead atoms. The van der Waals surface area contributed by atoms with Crippen molar-refractivity contribution in [3.05, 3.63) is 35.8 Å². The van der Waals surface area contributed by atoms with Crippen LogP contribution in [0.25, 0.3) is 11.2 Å². The summed E-state index contributed by atoms with van der Waals surface area (Å²) in [4.78, 5) is 13.3. The zero-order valence-electron chi connectivity index (χ0n) is 18.1. The van der Waals surface area contributed by atoms with Crippen LogP contribution in [0.3, 0.4) is 0 Å². The van der Waals surface area contributed by atoms with Crippen LogP contribution >= 0.6 is 0 Å². The van der Waals surface area contributed by atoms with Crippen LogP contribution in [0.4, 0.5) is 30.8 Å². The molecule has 3 heterocycles. The van der Waals surface area contributed by atoms with Crippen LogP contribution in [-0.2, 0) is 4.74 Å². The molecule has 8 nitrogen and oxygen atoms in total. The van der Waals surface area contributed by atoms with Crippen LogP contribution in [0.5, 0.6) is 0 Å². The van der Waals surface area contributed by atoms with Crippen molar-refractivity contribution in [1.82, 2.24) is 19.5 Å². The number of fused-ring (bicyclic) bond motifs is 1. The fourth-order valence-corrected chi connectivity index (χ4v) is 4.17. The first-order chi connectivity index (χ1) is 15.8. The summed E-state index contributed by atoms with van der Waals surface area (Å²) in [6, 6.07) is 1.04. The van der Waals surface area contributed by atoms with Crippen molar-refractivity contribution >= 4 is 28.7 Å². The Balaban J connectivity index is 1.49. The highest BCUT2D eigenvalue weighted by Crippen LogP contribution is 2.32. The van der Waals surface area contributed by atoms with Crippen molar-refractivity contribution in [3.63, 3.8) is 0 Å². The van der Waals surface area contributed by atoms with E-state index in [0.29, 0.717) is 74.6 Å². The van der Waals surface area contributed by atoms with Crippen LogP contribution in [0.2, 0.25) is 0 Å². The van der Waals surface area contributed by atoms with Crippen LogP contribution < -0.4 is 10.6 Å². The first-order valence-electron chi connectivity index (χ1n) is 11.0. The van der Waals surface area contributed by atoms with Gasteiger partial charge in [0.1, 0.15) is 17.0 Å². The predicted octanol–water partition coefficient (Wildman–Crippen LogP) is 3.66. The Morgan fingerprint density at radius 2 is 1.84 bits per heavy atom. The van der Waals surface area contributed by atoms with Gasteiger partial charge in [0.2, 0.25) is 11.9 Å². The molecule has 0 spiro atoms. The summed E-state index contributed by atoms with van der Waals surface area (Å²) in [6.07, 6.45) is 2.70. The number of anilines is 3. The van der Waals surface area contributed by atoms with Gasteiger partial charge < -0.3 is 20.5 Å². The molecular formula is C21H23F3N6O2. The zero-order chi connectivity index (χ0) is 23.2. The fraction of sp³-hybridized carbons (Fsp3) is 0.476. The van der Waals surface area contributed by atoms with E-state index in [-0.39, 0.29) is 18.0 Å². The number of nitrogens with zero attached hydrogens (tertiary/aromatic N) is 4. The van der Waals surface area contributed by atoms with Crippen molar-refractivity contribution in [2.45, 2.75) is 50.3 Å². The Morgan fingerprint density at radius 1 is 1.09 bits per heavy atom. The number of nitrogens with one attached hydrogen (secondary N) is 2. The molecule has 1 saturated heterocycles. The maximum absolute atomic E-state index is 14.3. The molecular weight excluding hydrogens is 425 g/mol. The molecule has 0 unspecified atom stereocenters. The third-order valence-electron chi connectivity index (χ3n) is 5.84. The Bertz CT molecular complexity index is 1150. The lowest BCUT2D eigenvalue weighted by Crippen LogP contribution is -2.29. The second-order valence-electron chi connectivity index (χ2n) is 8.08. The molecule has 1 atom stereocenters. The standard InChI is InChI=1S/C21H23F3N6O2/c22-11-7-15(23)18(16(24)8-11)28-21-27-17-9-25-20(26-12-1-3-14(31)4-2-12)29-19(17)30(21)13-5-6-32-10-13/h7-9,12-14,31H,1-6,10H2,(H,27,28)(H,25,26,29)/t12-,13-,14-/m0/s1/i14D. The number of benzene rings is 1. The minimum Gasteiger partial charge on any atom is -0.393 e. The molecule has 2 aromatic heterocycles. The van der Waals surface area contributed by atoms with Gasteiger partial charge in [-0.1, -0.05) is 0 Å². The molecule has 0 radical (unpaired) electrons. The van der Waals surface area contributed by atoms with E-state index in [0.717, 1.165) is 0 Å². The van der Waals surface area contributed by atoms with Crippen LogP contribution in [-0.4, -0.2) is 50.0 Å². The minimum absolute atomic E-state index is 0.0132. The Morgan fingerprint density at radius 3 is 2.53 bits per heavy atom. The molecule has 1 aliphatic carbocycles. The minimum atomic E-state index is -1.39. The fourth-order valence-electron chi connectivity index (χ4n) is 4.17. The monoisotopic (exact) mass is 449 g/mol. The van der Waals surface area contributed by atoms with Gasteiger partial charge in [0.15, 0.2) is 17.3 Å². The van der Waals surface area contributed by atoms with Gasteiger partial charge in [0, 0.05) is 24.8 Å². The summed E-state index contributed by atoms with van der Waals surface area (Å²) < 4.78 is 56.8. The average Bonchev–Trinajstić information content (AvgIpc) is 3.39. The Kier molecular flexibility index (Phi) is 5.27. The van der Waals surface area contributed by atoms with E-state index in [9.17, 15) is 18.3 Å². The molecule has 2 aliphatic rings. The highest BCUT2D eigenvalue weighted by Gasteiger charge is 2.27. The molecule has 0 amide bonds. The van der Waals surface area contributed by atoms with E-state index in [1.807, 2.05) is 0 Å². The lowest BCUT2D eigenvalue weighted by Gasteiger charge is -2.26. The second-order valence-corrected chi connectivity index (χ2v) is 8.08. The SMILES string of the molecule is [2H][C@]1(O)CC[C@H](Nc2ncc3nc(Nc4c(F)cc(F)cc4F)n([C@H]4CCOC4)c3n2)CC1. The maximum atomic E-state index is 14.3. The van der Waals surface area contributed by atoms with Gasteiger partial charge in [-0.3, -0.25) is 4.57 Å². The molecule has 170 valence electrons. The van der Waals surface area contributed by atoms with Gasteiger partial charge in [-0.15, -0.1) is 0 Å². The van der Waals surface area contributed by atoms with Gasteiger partial charge >= 0.3 is 0 Å². The second kappa shape index (κ2) is 8.55. The van der Waals surface area contributed by atoms with Crippen LogP contribution in [0, 0.1) is 17.5 Å². The Hall–Kier alpha value is -2.92. The number of hydrogen-bond acceptors (Lipinski definition) is 7. The first-order valence-corrected chi connectivity index (χ1v) is 10.5. The molecule has 32 heavy (non-hydrogen) atoms. The van der Waals surface area contributed by atoms with E-state index >= 15 is 0 Å². The molecule has 1 saturated carbocycles. The van der Waals surface area contributed by atoms with Gasteiger partial charge in [0.05, 0.1) is 26.3 Å². The lowest BCUT2D eigenvalue weighted by atomic mass is 9.93. The van der Waals surface area contributed by atoms with Crippen molar-refractivity contribution < 1.29 is 24.4 Å². The third kappa shape index (κ3) is 4.09. The van der Waals surface area contributed by atoms with Gasteiger partial charge in [-0.05, 0) is 32.1 Å². The molecule has 2 fully saturated rings. The van der Waals surface area contributed by atoms with E-state index in [4.69, 9.17) is 6.11 Å². The Labute approximate surface area is 183 Å². The number of ether oxygens (including phenoxy) is 1. The summed E-state index contributed by atoms with van der Waals surface area (Å²) in [5.41, 5.74) is 0.367. The topological polar surface area (TPSA) is 97.1 Å².